The highest BCUT2D eigenvalue weighted by Crippen LogP contribution is 2.47. The number of carboxylic acids is 1. The quantitative estimate of drug-likeness (QED) is 0.120. The molecular weight excluding hydrogens is 721 g/mol. The molecule has 0 amide bonds. The number of likely N-dealkylation sites (N-methyl/N-ethyl adjacent to an activating group) is 1. The van der Waals surface area contributed by atoms with Crippen molar-refractivity contribution in [1.82, 2.24) is 24.3 Å². The van der Waals surface area contributed by atoms with E-state index in [1.165, 1.54) is 18.5 Å². The number of methoxy groups -OCH3 is 1. The predicted octanol–water partition coefficient (Wildman–Crippen LogP) is 7.62. The van der Waals surface area contributed by atoms with E-state index in [1.54, 1.807) is 25.3 Å². The molecule has 10 nitrogen and oxygen atoms in total. The van der Waals surface area contributed by atoms with Crippen molar-refractivity contribution in [3.63, 3.8) is 0 Å². The molecule has 1 fully saturated rings. The van der Waals surface area contributed by atoms with Gasteiger partial charge in [0.2, 0.25) is 12.0 Å². The Morgan fingerprint density at radius 2 is 1.65 bits per heavy atom. The average molecular weight is 764 g/mol. The molecule has 0 radical (unpaired) electrons. The number of rotatable bonds is 14. The lowest BCUT2D eigenvalue weighted by Gasteiger charge is -2.32. The van der Waals surface area contributed by atoms with E-state index in [4.69, 9.17) is 30.8 Å². The molecule has 284 valence electrons. The fraction of sp³-hybridized carbons (Fsp3) is 0.279. The third-order valence-corrected chi connectivity index (χ3v) is 10.6. The van der Waals surface area contributed by atoms with E-state index in [9.17, 15) is 14.3 Å². The molecule has 1 N–H and O–H groups in total. The molecule has 0 bridgehead atoms. The first kappa shape index (κ1) is 37.8. The number of halogens is 2. The minimum atomic E-state index is -1.32. The summed E-state index contributed by atoms with van der Waals surface area (Å²) in [6.45, 7) is 7.59. The van der Waals surface area contributed by atoms with Gasteiger partial charge in [0.15, 0.2) is 0 Å². The van der Waals surface area contributed by atoms with E-state index in [2.05, 4.69) is 21.8 Å². The number of piperazine rings is 1. The van der Waals surface area contributed by atoms with Crippen molar-refractivity contribution in [3.8, 4) is 39.8 Å². The van der Waals surface area contributed by atoms with Gasteiger partial charge in [-0.25, -0.2) is 19.2 Å². The summed E-state index contributed by atoms with van der Waals surface area (Å²) in [5, 5.41) is 11.4. The van der Waals surface area contributed by atoms with E-state index in [-0.39, 0.29) is 18.1 Å². The molecule has 0 aliphatic carbocycles. The van der Waals surface area contributed by atoms with Crippen molar-refractivity contribution in [2.24, 2.45) is 0 Å². The van der Waals surface area contributed by atoms with Crippen molar-refractivity contribution < 1.29 is 28.5 Å². The standard InChI is InChI=1S/C43H43ClFN5O5/c1-28-33(17-18-35(39(28)44)54-24-23-49-21-19-48(2)20-22-49)37-38-41(50(26-29-9-5-4-6-10-29)40(37)30-13-15-32(45)16-14-30)46-27-47-42(38)55-36(43(51)52)25-31-11-7-8-12-34(31)53-3/h4-18,27,36H,19-26H2,1-3H3,(H,51,52). The van der Waals surface area contributed by atoms with E-state index < -0.39 is 12.1 Å². The predicted molar refractivity (Wildman–Crippen MR) is 212 cm³/mol. The van der Waals surface area contributed by atoms with Gasteiger partial charge in [0, 0.05) is 51.3 Å². The van der Waals surface area contributed by atoms with Crippen molar-refractivity contribution in [3.05, 3.63) is 125 Å². The monoisotopic (exact) mass is 763 g/mol. The van der Waals surface area contributed by atoms with Gasteiger partial charge in [0.25, 0.3) is 0 Å². The van der Waals surface area contributed by atoms with Crippen LogP contribution in [-0.4, -0.2) is 95.0 Å². The molecule has 12 heteroatoms. The number of hydrogen-bond acceptors (Lipinski definition) is 8. The number of para-hydroxylation sites is 1. The fourth-order valence-corrected chi connectivity index (χ4v) is 7.33. The minimum Gasteiger partial charge on any atom is -0.496 e. The first-order chi connectivity index (χ1) is 26.7. The lowest BCUT2D eigenvalue weighted by atomic mass is 9.95. The second-order valence-corrected chi connectivity index (χ2v) is 14.1. The molecule has 2 aromatic heterocycles. The van der Waals surface area contributed by atoms with Gasteiger partial charge in [-0.15, -0.1) is 0 Å². The Morgan fingerprint density at radius 1 is 0.927 bits per heavy atom. The highest BCUT2D eigenvalue weighted by atomic mass is 35.5. The van der Waals surface area contributed by atoms with Gasteiger partial charge >= 0.3 is 5.97 Å². The van der Waals surface area contributed by atoms with Crippen molar-refractivity contribution in [2.75, 3.05) is 53.5 Å². The summed E-state index contributed by atoms with van der Waals surface area (Å²) >= 11 is 7.13. The number of benzene rings is 4. The van der Waals surface area contributed by atoms with Crippen LogP contribution in [0.4, 0.5) is 4.39 Å². The molecular formula is C43H43ClFN5O5. The molecule has 0 spiro atoms. The third-order valence-electron chi connectivity index (χ3n) is 10.1. The zero-order valence-corrected chi connectivity index (χ0v) is 31.8. The maximum Gasteiger partial charge on any atom is 0.345 e. The molecule has 0 saturated carbocycles. The number of carboxylic acid groups (broad SMARTS) is 1. The van der Waals surface area contributed by atoms with Crippen LogP contribution < -0.4 is 14.2 Å². The molecule has 6 aromatic rings. The van der Waals surface area contributed by atoms with E-state index in [1.807, 2.05) is 72.2 Å². The van der Waals surface area contributed by atoms with Crippen molar-refractivity contribution >= 4 is 28.6 Å². The Balaban J connectivity index is 1.38. The summed E-state index contributed by atoms with van der Waals surface area (Å²) in [7, 11) is 3.67. The zero-order valence-electron chi connectivity index (χ0n) is 31.0. The Bertz CT molecular complexity index is 2280. The maximum absolute atomic E-state index is 14.4. The van der Waals surface area contributed by atoms with Crippen LogP contribution in [0.15, 0.2) is 97.3 Å². The van der Waals surface area contributed by atoms with Gasteiger partial charge in [0.1, 0.15) is 35.9 Å². The normalized spacial score (nSPS) is 14.2. The molecule has 1 saturated heterocycles. The van der Waals surface area contributed by atoms with Gasteiger partial charge < -0.3 is 28.8 Å². The molecule has 55 heavy (non-hydrogen) atoms. The smallest absolute Gasteiger partial charge is 0.345 e. The zero-order chi connectivity index (χ0) is 38.5. The second kappa shape index (κ2) is 16.9. The Kier molecular flexibility index (Phi) is 11.6. The summed E-state index contributed by atoms with van der Waals surface area (Å²) < 4.78 is 34.6. The lowest BCUT2D eigenvalue weighted by molar-refractivity contribution is -0.145. The highest BCUT2D eigenvalue weighted by Gasteiger charge is 2.30. The van der Waals surface area contributed by atoms with Gasteiger partial charge in [-0.3, -0.25) is 4.90 Å². The Morgan fingerprint density at radius 3 is 2.38 bits per heavy atom. The number of carbonyl (C=O) groups is 1. The number of hydrogen-bond donors (Lipinski definition) is 1. The van der Waals surface area contributed by atoms with E-state index in [0.29, 0.717) is 63.1 Å². The molecule has 1 atom stereocenters. The van der Waals surface area contributed by atoms with Crippen molar-refractivity contribution in [1.29, 1.82) is 0 Å². The van der Waals surface area contributed by atoms with E-state index in [0.717, 1.165) is 49.4 Å². The summed E-state index contributed by atoms with van der Waals surface area (Å²) in [5.41, 5.74) is 5.73. The molecule has 3 heterocycles. The first-order valence-corrected chi connectivity index (χ1v) is 18.6. The number of fused-ring (bicyclic) bond motifs is 1. The van der Waals surface area contributed by atoms with Crippen LogP contribution in [0, 0.1) is 12.7 Å². The van der Waals surface area contributed by atoms with Gasteiger partial charge in [-0.05, 0) is 78.2 Å². The summed E-state index contributed by atoms with van der Waals surface area (Å²) in [5.74, 6) is -0.351. The SMILES string of the molecule is COc1ccccc1CC(Oc1ncnc2c1c(-c1ccc(OCCN3CCN(C)CC3)c(Cl)c1C)c(-c1ccc(F)cc1)n2Cc1ccccc1)C(=O)O. The third kappa shape index (κ3) is 8.29. The largest absolute Gasteiger partial charge is 0.496 e. The molecule has 1 aliphatic rings. The summed E-state index contributed by atoms with van der Waals surface area (Å²) in [4.78, 5) is 26.9. The maximum atomic E-state index is 14.4. The average Bonchev–Trinajstić information content (AvgIpc) is 3.51. The lowest BCUT2D eigenvalue weighted by Crippen LogP contribution is -2.45. The number of aliphatic carboxylic acids is 1. The first-order valence-electron chi connectivity index (χ1n) is 18.2. The van der Waals surface area contributed by atoms with Crippen LogP contribution in [0.25, 0.3) is 33.4 Å². The van der Waals surface area contributed by atoms with Gasteiger partial charge in [0.05, 0.1) is 23.2 Å². The number of aromatic nitrogens is 3. The van der Waals surface area contributed by atoms with Crippen LogP contribution in [-0.2, 0) is 17.8 Å². The van der Waals surface area contributed by atoms with Crippen molar-refractivity contribution in [2.45, 2.75) is 26.0 Å². The van der Waals surface area contributed by atoms with Gasteiger partial charge in [-0.1, -0.05) is 66.2 Å². The topological polar surface area (TPSA) is 102 Å². The van der Waals surface area contributed by atoms with Crippen LogP contribution in [0.2, 0.25) is 5.02 Å². The molecule has 4 aromatic carbocycles. The molecule has 1 unspecified atom stereocenters. The summed E-state index contributed by atoms with van der Waals surface area (Å²) in [6, 6.07) is 27.2. The minimum absolute atomic E-state index is 0.0146. The van der Waals surface area contributed by atoms with Gasteiger partial charge in [-0.2, -0.15) is 0 Å². The molecule has 7 rings (SSSR count). The highest BCUT2D eigenvalue weighted by molar-refractivity contribution is 6.33. The van der Waals surface area contributed by atoms with Crippen LogP contribution in [0.3, 0.4) is 0 Å². The van der Waals surface area contributed by atoms with Crippen LogP contribution >= 0.6 is 11.6 Å². The molecule has 1 aliphatic heterocycles. The summed E-state index contributed by atoms with van der Waals surface area (Å²) in [6.07, 6.45) is 0.0619. The fourth-order valence-electron chi connectivity index (χ4n) is 7.11. The number of nitrogens with zero attached hydrogens (tertiary/aromatic N) is 5. The van der Waals surface area contributed by atoms with Crippen LogP contribution in [0.5, 0.6) is 17.4 Å². The van der Waals surface area contributed by atoms with E-state index >= 15 is 0 Å². The van der Waals surface area contributed by atoms with Crippen LogP contribution in [0.1, 0.15) is 16.7 Å². The second-order valence-electron chi connectivity index (χ2n) is 13.7. The Hall–Kier alpha value is -5.49. The number of ether oxygens (including phenoxy) is 3. The Labute approximate surface area is 324 Å².